The van der Waals surface area contributed by atoms with Crippen LogP contribution in [0.15, 0.2) is 6.07 Å². The summed E-state index contributed by atoms with van der Waals surface area (Å²) in [6, 6.07) is 1.92. The van der Waals surface area contributed by atoms with Crippen LogP contribution in [0.25, 0.3) is 0 Å². The SMILES string of the molecule is CCCC(=O)NCCNc1nc(C)cc(N(C)C)n1. The molecule has 1 aromatic heterocycles. The van der Waals surface area contributed by atoms with Crippen molar-refractivity contribution in [1.29, 1.82) is 0 Å². The van der Waals surface area contributed by atoms with Gasteiger partial charge in [-0.05, 0) is 13.3 Å². The Kier molecular flexibility index (Phi) is 6.05. The van der Waals surface area contributed by atoms with E-state index < -0.39 is 0 Å². The Bertz CT molecular complexity index is 419. The lowest BCUT2D eigenvalue weighted by atomic mass is 10.3. The fourth-order valence-electron chi connectivity index (χ4n) is 1.55. The highest BCUT2D eigenvalue weighted by Gasteiger charge is 2.03. The molecule has 1 heterocycles. The van der Waals surface area contributed by atoms with Crippen LogP contribution in [0.2, 0.25) is 0 Å². The maximum absolute atomic E-state index is 11.3. The molecule has 6 nitrogen and oxygen atoms in total. The molecule has 0 spiro atoms. The molecule has 0 aromatic carbocycles. The first-order valence-electron chi connectivity index (χ1n) is 6.56. The molecule has 0 aliphatic carbocycles. The zero-order valence-electron chi connectivity index (χ0n) is 12.2. The highest BCUT2D eigenvalue weighted by Crippen LogP contribution is 2.11. The Balaban J connectivity index is 2.43. The summed E-state index contributed by atoms with van der Waals surface area (Å²) in [5.74, 6) is 1.54. The lowest BCUT2D eigenvalue weighted by molar-refractivity contribution is -0.121. The Morgan fingerprint density at radius 2 is 2.05 bits per heavy atom. The van der Waals surface area contributed by atoms with Gasteiger partial charge in [0, 0.05) is 45.4 Å². The van der Waals surface area contributed by atoms with Gasteiger partial charge in [-0.15, -0.1) is 0 Å². The molecule has 1 amide bonds. The largest absolute Gasteiger partial charge is 0.363 e. The van der Waals surface area contributed by atoms with Gasteiger partial charge in [-0.3, -0.25) is 4.79 Å². The second-order valence-corrected chi connectivity index (χ2v) is 4.61. The lowest BCUT2D eigenvalue weighted by Gasteiger charge is -2.13. The molecule has 19 heavy (non-hydrogen) atoms. The number of anilines is 2. The van der Waals surface area contributed by atoms with Gasteiger partial charge in [0.1, 0.15) is 5.82 Å². The topological polar surface area (TPSA) is 70.2 Å². The number of amides is 1. The number of aryl methyl sites for hydroxylation is 1. The summed E-state index contributed by atoms with van der Waals surface area (Å²) < 4.78 is 0. The number of nitrogens with one attached hydrogen (secondary N) is 2. The third-order valence-electron chi connectivity index (χ3n) is 2.51. The number of hydrogen-bond acceptors (Lipinski definition) is 5. The molecule has 106 valence electrons. The van der Waals surface area contributed by atoms with Gasteiger partial charge < -0.3 is 15.5 Å². The Morgan fingerprint density at radius 3 is 2.68 bits per heavy atom. The van der Waals surface area contributed by atoms with Crippen molar-refractivity contribution in [2.45, 2.75) is 26.7 Å². The maximum atomic E-state index is 11.3. The standard InChI is InChI=1S/C13H23N5O/c1-5-6-12(19)14-7-8-15-13-16-10(2)9-11(17-13)18(3)4/h9H,5-8H2,1-4H3,(H,14,19)(H,15,16,17). The van der Waals surface area contributed by atoms with Crippen LogP contribution in [0.5, 0.6) is 0 Å². The summed E-state index contributed by atoms with van der Waals surface area (Å²) in [4.78, 5) is 21.9. The molecule has 0 atom stereocenters. The van der Waals surface area contributed by atoms with Gasteiger partial charge in [0.05, 0.1) is 0 Å². The smallest absolute Gasteiger partial charge is 0.224 e. The fourth-order valence-corrected chi connectivity index (χ4v) is 1.55. The van der Waals surface area contributed by atoms with Crippen molar-refractivity contribution in [3.8, 4) is 0 Å². The minimum atomic E-state index is 0.0865. The summed E-state index contributed by atoms with van der Waals surface area (Å²) >= 11 is 0. The predicted octanol–water partition coefficient (Wildman–Crippen LogP) is 1.18. The van der Waals surface area contributed by atoms with Gasteiger partial charge >= 0.3 is 0 Å². The number of carbonyl (C=O) groups excluding carboxylic acids is 1. The third kappa shape index (κ3) is 5.54. The van der Waals surface area contributed by atoms with Gasteiger partial charge in [0.2, 0.25) is 11.9 Å². The second-order valence-electron chi connectivity index (χ2n) is 4.61. The van der Waals surface area contributed by atoms with Crippen molar-refractivity contribution in [1.82, 2.24) is 15.3 Å². The van der Waals surface area contributed by atoms with Crippen LogP contribution in [-0.2, 0) is 4.79 Å². The van der Waals surface area contributed by atoms with E-state index in [9.17, 15) is 4.79 Å². The van der Waals surface area contributed by atoms with Gasteiger partial charge in [-0.2, -0.15) is 4.98 Å². The minimum Gasteiger partial charge on any atom is -0.363 e. The molecule has 0 radical (unpaired) electrons. The number of aromatic nitrogens is 2. The molecule has 0 saturated carbocycles. The van der Waals surface area contributed by atoms with Crippen LogP contribution in [0.1, 0.15) is 25.5 Å². The fraction of sp³-hybridized carbons (Fsp3) is 0.615. The van der Waals surface area contributed by atoms with Gasteiger partial charge in [-0.25, -0.2) is 4.98 Å². The Hall–Kier alpha value is -1.85. The average Bonchev–Trinajstić information content (AvgIpc) is 2.34. The van der Waals surface area contributed by atoms with Crippen molar-refractivity contribution >= 4 is 17.7 Å². The zero-order chi connectivity index (χ0) is 14.3. The van der Waals surface area contributed by atoms with E-state index in [4.69, 9.17) is 0 Å². The molecule has 1 rings (SSSR count). The minimum absolute atomic E-state index is 0.0865. The number of nitrogens with zero attached hydrogens (tertiary/aromatic N) is 3. The number of rotatable bonds is 7. The maximum Gasteiger partial charge on any atom is 0.224 e. The van der Waals surface area contributed by atoms with Crippen molar-refractivity contribution in [2.24, 2.45) is 0 Å². The van der Waals surface area contributed by atoms with Gasteiger partial charge in [0.15, 0.2) is 0 Å². The first-order valence-corrected chi connectivity index (χ1v) is 6.56. The first-order chi connectivity index (χ1) is 9.02. The summed E-state index contributed by atoms with van der Waals surface area (Å²) in [6.45, 7) is 5.11. The number of carbonyl (C=O) groups is 1. The first kappa shape index (κ1) is 15.2. The molecule has 6 heteroatoms. The van der Waals surface area contributed by atoms with E-state index in [1.165, 1.54) is 0 Å². The summed E-state index contributed by atoms with van der Waals surface area (Å²) in [5, 5.41) is 5.95. The highest BCUT2D eigenvalue weighted by atomic mass is 16.1. The predicted molar refractivity (Wildman–Crippen MR) is 77.5 cm³/mol. The van der Waals surface area contributed by atoms with Gasteiger partial charge in [-0.1, -0.05) is 6.92 Å². The molecule has 0 saturated heterocycles. The van der Waals surface area contributed by atoms with Crippen LogP contribution < -0.4 is 15.5 Å². The van der Waals surface area contributed by atoms with Crippen molar-refractivity contribution in [3.05, 3.63) is 11.8 Å². The van der Waals surface area contributed by atoms with Crippen molar-refractivity contribution in [2.75, 3.05) is 37.4 Å². The van der Waals surface area contributed by atoms with Crippen molar-refractivity contribution < 1.29 is 4.79 Å². The van der Waals surface area contributed by atoms with Crippen molar-refractivity contribution in [3.63, 3.8) is 0 Å². The Labute approximate surface area is 114 Å². The van der Waals surface area contributed by atoms with Gasteiger partial charge in [0.25, 0.3) is 0 Å². The van der Waals surface area contributed by atoms with E-state index in [1.54, 1.807) is 0 Å². The molecular formula is C13H23N5O. The molecule has 0 aliphatic rings. The molecule has 0 unspecified atom stereocenters. The highest BCUT2D eigenvalue weighted by molar-refractivity contribution is 5.75. The summed E-state index contributed by atoms with van der Waals surface area (Å²) in [6.07, 6.45) is 1.44. The molecule has 2 N–H and O–H groups in total. The third-order valence-corrected chi connectivity index (χ3v) is 2.51. The number of hydrogen-bond donors (Lipinski definition) is 2. The van der Waals surface area contributed by atoms with Crippen LogP contribution in [0.3, 0.4) is 0 Å². The van der Waals surface area contributed by atoms with E-state index in [2.05, 4.69) is 20.6 Å². The normalized spacial score (nSPS) is 10.1. The van der Waals surface area contributed by atoms with Crippen LogP contribution in [-0.4, -0.2) is 43.1 Å². The lowest BCUT2D eigenvalue weighted by Crippen LogP contribution is -2.28. The van der Waals surface area contributed by atoms with E-state index in [0.717, 1.165) is 17.9 Å². The monoisotopic (exact) mass is 265 g/mol. The van der Waals surface area contributed by atoms with Crippen LogP contribution in [0, 0.1) is 6.92 Å². The second kappa shape index (κ2) is 7.56. The van der Waals surface area contributed by atoms with Crippen LogP contribution in [0.4, 0.5) is 11.8 Å². The molecule has 1 aromatic rings. The van der Waals surface area contributed by atoms with E-state index in [1.807, 2.05) is 38.9 Å². The molecule has 0 aliphatic heterocycles. The van der Waals surface area contributed by atoms with E-state index in [0.29, 0.717) is 25.5 Å². The summed E-state index contributed by atoms with van der Waals surface area (Å²) in [5.41, 5.74) is 0.913. The Morgan fingerprint density at radius 1 is 1.32 bits per heavy atom. The average molecular weight is 265 g/mol. The van der Waals surface area contributed by atoms with E-state index >= 15 is 0 Å². The zero-order valence-corrected chi connectivity index (χ0v) is 12.2. The van der Waals surface area contributed by atoms with E-state index in [-0.39, 0.29) is 5.91 Å². The summed E-state index contributed by atoms with van der Waals surface area (Å²) in [7, 11) is 3.88. The van der Waals surface area contributed by atoms with Crippen LogP contribution >= 0.6 is 0 Å². The molecular weight excluding hydrogens is 242 g/mol. The molecule has 0 bridgehead atoms. The quantitative estimate of drug-likeness (QED) is 0.724. The molecule has 0 fully saturated rings.